The predicted octanol–water partition coefficient (Wildman–Crippen LogP) is 2.15. The van der Waals surface area contributed by atoms with E-state index in [-0.39, 0.29) is 42.1 Å². The lowest BCUT2D eigenvalue weighted by Gasteiger charge is -2.17. The van der Waals surface area contributed by atoms with Gasteiger partial charge in [-0.1, -0.05) is 0 Å². The van der Waals surface area contributed by atoms with Crippen LogP contribution in [0.4, 0.5) is 13.2 Å². The topological polar surface area (TPSA) is 63.5 Å². The molecule has 10 heteroatoms. The first-order chi connectivity index (χ1) is 10.3. The first-order valence-corrected chi connectivity index (χ1v) is 6.91. The van der Waals surface area contributed by atoms with Crippen LogP contribution < -0.4 is 10.6 Å². The zero-order valence-electron chi connectivity index (χ0n) is 13.6. The van der Waals surface area contributed by atoms with E-state index in [0.29, 0.717) is 19.1 Å². The van der Waals surface area contributed by atoms with Crippen molar-refractivity contribution < 1.29 is 17.9 Å². The fraction of sp³-hybridized carbons (Fsp3) is 0.692. The van der Waals surface area contributed by atoms with Gasteiger partial charge in [0.25, 0.3) is 0 Å². The number of guanidine groups is 1. The summed E-state index contributed by atoms with van der Waals surface area (Å²) in [5, 5.41) is 9.50. The van der Waals surface area contributed by atoms with E-state index in [0.717, 1.165) is 4.68 Å². The standard InChI is InChI=1S/C13H22F3N5O.HI/c1-5-17-12(19-9(2)8-22-4)18-6-10-7-21(3)20-11(10)13(14,15)16;/h7,9H,5-6,8H2,1-4H3,(H2,17,18,19);1H. The summed E-state index contributed by atoms with van der Waals surface area (Å²) in [5.74, 6) is 0.434. The number of hydrogen-bond donors (Lipinski definition) is 2. The summed E-state index contributed by atoms with van der Waals surface area (Å²) >= 11 is 0. The number of methoxy groups -OCH3 is 1. The van der Waals surface area contributed by atoms with E-state index in [1.807, 2.05) is 13.8 Å². The highest BCUT2D eigenvalue weighted by Gasteiger charge is 2.36. The van der Waals surface area contributed by atoms with Crippen molar-refractivity contribution in [2.24, 2.45) is 12.0 Å². The second-order valence-corrected chi connectivity index (χ2v) is 4.87. The van der Waals surface area contributed by atoms with Crippen LogP contribution in [-0.4, -0.2) is 42.0 Å². The Labute approximate surface area is 150 Å². The van der Waals surface area contributed by atoms with Crippen molar-refractivity contribution in [2.75, 3.05) is 20.3 Å². The van der Waals surface area contributed by atoms with Crippen molar-refractivity contribution in [1.29, 1.82) is 0 Å². The Balaban J connectivity index is 0.00000484. The van der Waals surface area contributed by atoms with E-state index < -0.39 is 11.9 Å². The number of rotatable bonds is 6. The molecule has 1 aromatic heterocycles. The van der Waals surface area contributed by atoms with E-state index >= 15 is 0 Å². The van der Waals surface area contributed by atoms with E-state index in [1.54, 1.807) is 7.11 Å². The molecule has 0 amide bonds. The van der Waals surface area contributed by atoms with Gasteiger partial charge in [0.15, 0.2) is 11.7 Å². The molecule has 0 aliphatic rings. The quantitative estimate of drug-likeness (QED) is 0.397. The zero-order valence-corrected chi connectivity index (χ0v) is 15.9. The fourth-order valence-electron chi connectivity index (χ4n) is 1.90. The van der Waals surface area contributed by atoms with Gasteiger partial charge in [-0.15, -0.1) is 24.0 Å². The molecule has 0 aliphatic carbocycles. The van der Waals surface area contributed by atoms with Gasteiger partial charge in [0.2, 0.25) is 0 Å². The van der Waals surface area contributed by atoms with Crippen molar-refractivity contribution in [1.82, 2.24) is 20.4 Å². The molecule has 2 N–H and O–H groups in total. The number of nitrogens with zero attached hydrogens (tertiary/aromatic N) is 3. The molecular weight excluding hydrogens is 426 g/mol. The van der Waals surface area contributed by atoms with Gasteiger partial charge in [-0.05, 0) is 13.8 Å². The van der Waals surface area contributed by atoms with E-state index in [9.17, 15) is 13.2 Å². The normalized spacial score (nSPS) is 13.4. The molecule has 1 aromatic rings. The van der Waals surface area contributed by atoms with Gasteiger partial charge < -0.3 is 15.4 Å². The molecule has 0 spiro atoms. The third kappa shape index (κ3) is 7.38. The first kappa shape index (κ1) is 22.0. The van der Waals surface area contributed by atoms with Crippen LogP contribution in [0.2, 0.25) is 0 Å². The monoisotopic (exact) mass is 449 g/mol. The lowest BCUT2D eigenvalue weighted by Crippen LogP contribution is -2.43. The maximum atomic E-state index is 12.9. The summed E-state index contributed by atoms with van der Waals surface area (Å²) < 4.78 is 44.8. The number of halogens is 4. The van der Waals surface area contributed by atoms with Gasteiger partial charge >= 0.3 is 6.18 Å². The van der Waals surface area contributed by atoms with Crippen molar-refractivity contribution >= 4 is 29.9 Å². The number of aryl methyl sites for hydroxylation is 1. The molecule has 0 saturated heterocycles. The molecule has 0 radical (unpaired) electrons. The van der Waals surface area contributed by atoms with Gasteiger partial charge in [-0.25, -0.2) is 4.99 Å². The zero-order chi connectivity index (χ0) is 16.8. The van der Waals surface area contributed by atoms with Crippen molar-refractivity contribution in [3.05, 3.63) is 17.5 Å². The van der Waals surface area contributed by atoms with Crippen molar-refractivity contribution in [2.45, 2.75) is 32.6 Å². The van der Waals surface area contributed by atoms with Crippen molar-refractivity contribution in [3.63, 3.8) is 0 Å². The molecule has 1 rings (SSSR count). The molecule has 1 unspecified atom stereocenters. The van der Waals surface area contributed by atoms with E-state index in [1.165, 1.54) is 13.2 Å². The molecule has 0 saturated carbocycles. The van der Waals surface area contributed by atoms with Crippen LogP contribution >= 0.6 is 24.0 Å². The number of alkyl halides is 3. The third-order valence-electron chi connectivity index (χ3n) is 2.72. The van der Waals surface area contributed by atoms with Crippen LogP contribution in [0.5, 0.6) is 0 Å². The van der Waals surface area contributed by atoms with Gasteiger partial charge in [0.05, 0.1) is 13.2 Å². The minimum atomic E-state index is -4.48. The molecule has 1 heterocycles. The van der Waals surface area contributed by atoms with Crippen LogP contribution in [0.1, 0.15) is 25.1 Å². The molecule has 23 heavy (non-hydrogen) atoms. The minimum absolute atomic E-state index is 0. The molecule has 0 aromatic carbocycles. The summed E-state index contributed by atoms with van der Waals surface area (Å²) in [6, 6.07) is -0.0150. The number of nitrogens with one attached hydrogen (secondary N) is 2. The van der Waals surface area contributed by atoms with E-state index in [4.69, 9.17) is 4.74 Å². The summed E-state index contributed by atoms with van der Waals surface area (Å²) in [6.45, 7) is 4.72. The maximum Gasteiger partial charge on any atom is 0.435 e. The van der Waals surface area contributed by atoms with Crippen LogP contribution in [0.25, 0.3) is 0 Å². The molecule has 6 nitrogen and oxygen atoms in total. The molecule has 134 valence electrons. The Morgan fingerprint density at radius 1 is 1.48 bits per heavy atom. The number of ether oxygens (including phenoxy) is 1. The molecule has 0 fully saturated rings. The molecular formula is C13H23F3IN5O. The highest BCUT2D eigenvalue weighted by atomic mass is 127. The van der Waals surface area contributed by atoms with Gasteiger partial charge in [-0.3, -0.25) is 4.68 Å². The lowest BCUT2D eigenvalue weighted by molar-refractivity contribution is -0.142. The van der Waals surface area contributed by atoms with Crippen LogP contribution in [0.15, 0.2) is 11.2 Å². The number of hydrogen-bond acceptors (Lipinski definition) is 3. The summed E-state index contributed by atoms with van der Waals surface area (Å²) in [7, 11) is 3.03. The van der Waals surface area contributed by atoms with Crippen LogP contribution in [0, 0.1) is 0 Å². The van der Waals surface area contributed by atoms with Gasteiger partial charge in [0.1, 0.15) is 0 Å². The Kier molecular flexibility index (Phi) is 9.51. The largest absolute Gasteiger partial charge is 0.435 e. The Morgan fingerprint density at radius 2 is 2.13 bits per heavy atom. The summed E-state index contributed by atoms with van der Waals surface area (Å²) in [6.07, 6.45) is -3.16. The predicted molar refractivity (Wildman–Crippen MR) is 92.9 cm³/mol. The second kappa shape index (κ2) is 9.96. The van der Waals surface area contributed by atoms with E-state index in [2.05, 4.69) is 20.7 Å². The lowest BCUT2D eigenvalue weighted by atomic mass is 10.2. The fourth-order valence-corrected chi connectivity index (χ4v) is 1.90. The van der Waals surface area contributed by atoms with Crippen LogP contribution in [-0.2, 0) is 24.5 Å². The highest BCUT2D eigenvalue weighted by molar-refractivity contribution is 14.0. The SMILES string of the molecule is CCNC(=NCc1cn(C)nc1C(F)(F)F)NC(C)COC.I. The molecule has 0 aliphatic heterocycles. The average molecular weight is 449 g/mol. The maximum absolute atomic E-state index is 12.9. The smallest absolute Gasteiger partial charge is 0.383 e. The first-order valence-electron chi connectivity index (χ1n) is 6.91. The third-order valence-corrected chi connectivity index (χ3v) is 2.72. The highest BCUT2D eigenvalue weighted by Crippen LogP contribution is 2.30. The Hall–Kier alpha value is -1.04. The average Bonchev–Trinajstić information content (AvgIpc) is 2.78. The molecule has 1 atom stereocenters. The van der Waals surface area contributed by atoms with Gasteiger partial charge in [-0.2, -0.15) is 18.3 Å². The second-order valence-electron chi connectivity index (χ2n) is 4.87. The number of aromatic nitrogens is 2. The number of aliphatic imine (C=N–C) groups is 1. The molecule has 0 bridgehead atoms. The van der Waals surface area contributed by atoms with Crippen molar-refractivity contribution in [3.8, 4) is 0 Å². The Morgan fingerprint density at radius 3 is 2.65 bits per heavy atom. The minimum Gasteiger partial charge on any atom is -0.383 e. The van der Waals surface area contributed by atoms with Gasteiger partial charge in [0, 0.05) is 38.5 Å². The summed E-state index contributed by atoms with van der Waals surface area (Å²) in [4.78, 5) is 4.18. The Bertz CT molecular complexity index is 504. The van der Waals surface area contributed by atoms with Crippen LogP contribution in [0.3, 0.4) is 0 Å². The summed E-state index contributed by atoms with van der Waals surface area (Å²) in [5.41, 5.74) is -0.869.